The first-order chi connectivity index (χ1) is 11.3. The van der Waals surface area contributed by atoms with Crippen LogP contribution in [-0.4, -0.2) is 21.3 Å². The molecule has 0 unspecified atom stereocenters. The Hall–Kier alpha value is -2.65. The molecule has 4 aromatic rings. The summed E-state index contributed by atoms with van der Waals surface area (Å²) in [5.74, 6) is 0.932. The summed E-state index contributed by atoms with van der Waals surface area (Å²) in [5.41, 5.74) is 3.34. The van der Waals surface area contributed by atoms with Gasteiger partial charge in [0, 0.05) is 13.0 Å². The van der Waals surface area contributed by atoms with Crippen LogP contribution in [0.2, 0.25) is 0 Å². The lowest BCUT2D eigenvalue weighted by Gasteiger charge is -2.10. The Morgan fingerprint density at radius 3 is 2.52 bits per heavy atom. The highest BCUT2D eigenvalue weighted by Gasteiger charge is 2.10. The molecule has 0 radical (unpaired) electrons. The van der Waals surface area contributed by atoms with Gasteiger partial charge in [-0.1, -0.05) is 48.5 Å². The van der Waals surface area contributed by atoms with Crippen molar-refractivity contribution in [2.75, 3.05) is 6.61 Å². The van der Waals surface area contributed by atoms with Crippen LogP contribution in [0.4, 0.5) is 0 Å². The lowest BCUT2D eigenvalue weighted by Crippen LogP contribution is -2.07. The standard InChI is InChI=1S/C20H18N2O/c23-12-11-20-21-18-7-3-4-8-19(18)22(20)14-15-9-10-16-5-1-2-6-17(16)13-15/h1-10,13,23H,11-12,14H2. The summed E-state index contributed by atoms with van der Waals surface area (Å²) in [4.78, 5) is 4.66. The second-order valence-electron chi connectivity index (χ2n) is 5.76. The van der Waals surface area contributed by atoms with Gasteiger partial charge in [-0.05, 0) is 34.5 Å². The van der Waals surface area contributed by atoms with Gasteiger partial charge < -0.3 is 9.67 Å². The number of fused-ring (bicyclic) bond motifs is 2. The number of hydrogen-bond donors (Lipinski definition) is 1. The molecule has 3 aromatic carbocycles. The van der Waals surface area contributed by atoms with Crippen molar-refractivity contribution in [2.24, 2.45) is 0 Å². The fourth-order valence-corrected chi connectivity index (χ4v) is 3.11. The molecule has 0 bridgehead atoms. The second kappa shape index (κ2) is 5.86. The number of imidazole rings is 1. The molecule has 23 heavy (non-hydrogen) atoms. The molecule has 0 aliphatic heterocycles. The molecule has 0 saturated carbocycles. The number of para-hydroxylation sites is 2. The maximum absolute atomic E-state index is 9.32. The van der Waals surface area contributed by atoms with Gasteiger partial charge in [-0.3, -0.25) is 0 Å². The van der Waals surface area contributed by atoms with E-state index in [1.165, 1.54) is 16.3 Å². The highest BCUT2D eigenvalue weighted by Crippen LogP contribution is 2.21. The Morgan fingerprint density at radius 2 is 1.65 bits per heavy atom. The zero-order valence-electron chi connectivity index (χ0n) is 12.8. The van der Waals surface area contributed by atoms with Gasteiger partial charge in [-0.2, -0.15) is 0 Å². The zero-order chi connectivity index (χ0) is 15.6. The van der Waals surface area contributed by atoms with Crippen molar-refractivity contribution in [2.45, 2.75) is 13.0 Å². The SMILES string of the molecule is OCCc1nc2ccccc2n1Cc1ccc2ccccc2c1. The molecule has 0 amide bonds. The zero-order valence-corrected chi connectivity index (χ0v) is 12.8. The minimum Gasteiger partial charge on any atom is -0.396 e. The van der Waals surface area contributed by atoms with Crippen LogP contribution in [0.1, 0.15) is 11.4 Å². The normalized spacial score (nSPS) is 11.3. The van der Waals surface area contributed by atoms with E-state index in [1.54, 1.807) is 0 Å². The van der Waals surface area contributed by atoms with Gasteiger partial charge >= 0.3 is 0 Å². The predicted molar refractivity (Wildman–Crippen MR) is 93.6 cm³/mol. The highest BCUT2D eigenvalue weighted by atomic mass is 16.3. The van der Waals surface area contributed by atoms with Crippen LogP contribution in [0.3, 0.4) is 0 Å². The average molecular weight is 302 g/mol. The Kier molecular flexibility index (Phi) is 3.56. The summed E-state index contributed by atoms with van der Waals surface area (Å²) >= 11 is 0. The van der Waals surface area contributed by atoms with Gasteiger partial charge in [0.25, 0.3) is 0 Å². The van der Waals surface area contributed by atoms with E-state index in [2.05, 4.69) is 58.1 Å². The summed E-state index contributed by atoms with van der Waals surface area (Å²) in [6, 6.07) is 23.1. The molecule has 0 spiro atoms. The van der Waals surface area contributed by atoms with Crippen molar-refractivity contribution in [3.63, 3.8) is 0 Å². The van der Waals surface area contributed by atoms with Crippen molar-refractivity contribution in [3.8, 4) is 0 Å². The quantitative estimate of drug-likeness (QED) is 0.623. The first kappa shape index (κ1) is 14.0. The van der Waals surface area contributed by atoms with Gasteiger partial charge in [-0.25, -0.2) is 4.98 Å². The van der Waals surface area contributed by atoms with E-state index in [4.69, 9.17) is 0 Å². The van der Waals surface area contributed by atoms with Gasteiger partial charge in [0.05, 0.1) is 17.6 Å². The van der Waals surface area contributed by atoms with Crippen molar-refractivity contribution in [1.29, 1.82) is 0 Å². The van der Waals surface area contributed by atoms with E-state index < -0.39 is 0 Å². The van der Waals surface area contributed by atoms with Crippen LogP contribution in [-0.2, 0) is 13.0 Å². The molecule has 0 aliphatic rings. The summed E-state index contributed by atoms with van der Waals surface area (Å²) in [6.45, 7) is 0.877. The van der Waals surface area contributed by atoms with E-state index in [1.807, 2.05) is 18.2 Å². The van der Waals surface area contributed by atoms with Crippen molar-refractivity contribution < 1.29 is 5.11 Å². The molecule has 1 N–H and O–H groups in total. The summed E-state index contributed by atoms with van der Waals surface area (Å²) in [7, 11) is 0. The molecule has 114 valence electrons. The molecule has 4 rings (SSSR count). The van der Waals surface area contributed by atoms with Crippen LogP contribution < -0.4 is 0 Å². The van der Waals surface area contributed by atoms with Gasteiger partial charge in [0.15, 0.2) is 0 Å². The lowest BCUT2D eigenvalue weighted by molar-refractivity contribution is 0.295. The molecule has 0 atom stereocenters. The fraction of sp³-hybridized carbons (Fsp3) is 0.150. The van der Waals surface area contributed by atoms with Gasteiger partial charge in [0.1, 0.15) is 5.82 Å². The number of rotatable bonds is 4. The molecule has 1 heterocycles. The number of aliphatic hydroxyl groups excluding tert-OH is 1. The molecule has 3 heteroatoms. The smallest absolute Gasteiger partial charge is 0.112 e. The number of hydrogen-bond acceptors (Lipinski definition) is 2. The number of benzene rings is 3. The molecular weight excluding hydrogens is 284 g/mol. The van der Waals surface area contributed by atoms with Crippen LogP contribution in [0.15, 0.2) is 66.7 Å². The Morgan fingerprint density at radius 1 is 0.870 bits per heavy atom. The molecule has 0 saturated heterocycles. The number of aliphatic hydroxyl groups is 1. The minimum atomic E-state index is 0.112. The van der Waals surface area contributed by atoms with Crippen molar-refractivity contribution in [3.05, 3.63) is 78.1 Å². The van der Waals surface area contributed by atoms with Crippen LogP contribution in [0, 0.1) is 0 Å². The Balaban J connectivity index is 1.79. The summed E-state index contributed by atoms with van der Waals surface area (Å²) < 4.78 is 2.20. The summed E-state index contributed by atoms with van der Waals surface area (Å²) in [5, 5.41) is 11.8. The van der Waals surface area contributed by atoms with Crippen molar-refractivity contribution >= 4 is 21.8 Å². The van der Waals surface area contributed by atoms with Crippen molar-refractivity contribution in [1.82, 2.24) is 9.55 Å². The lowest BCUT2D eigenvalue weighted by atomic mass is 10.1. The third-order valence-corrected chi connectivity index (χ3v) is 4.22. The third-order valence-electron chi connectivity index (χ3n) is 4.22. The minimum absolute atomic E-state index is 0.112. The number of nitrogens with zero attached hydrogens (tertiary/aromatic N) is 2. The average Bonchev–Trinajstić information content (AvgIpc) is 2.93. The van der Waals surface area contributed by atoms with Crippen LogP contribution in [0.25, 0.3) is 21.8 Å². The Bertz CT molecular complexity index is 972. The first-order valence-electron chi connectivity index (χ1n) is 7.88. The maximum atomic E-state index is 9.32. The van der Waals surface area contributed by atoms with Crippen LogP contribution in [0.5, 0.6) is 0 Å². The molecular formula is C20H18N2O. The number of aromatic nitrogens is 2. The van der Waals surface area contributed by atoms with Crippen LogP contribution >= 0.6 is 0 Å². The molecule has 1 aromatic heterocycles. The largest absolute Gasteiger partial charge is 0.396 e. The van der Waals surface area contributed by atoms with E-state index in [0.717, 1.165) is 23.4 Å². The topological polar surface area (TPSA) is 38.1 Å². The van der Waals surface area contributed by atoms with E-state index >= 15 is 0 Å². The highest BCUT2D eigenvalue weighted by molar-refractivity contribution is 5.83. The molecule has 0 fully saturated rings. The van der Waals surface area contributed by atoms with E-state index in [0.29, 0.717) is 6.42 Å². The third kappa shape index (κ3) is 2.60. The Labute approximate surface area is 134 Å². The maximum Gasteiger partial charge on any atom is 0.112 e. The van der Waals surface area contributed by atoms with E-state index in [-0.39, 0.29) is 6.61 Å². The fourth-order valence-electron chi connectivity index (χ4n) is 3.11. The van der Waals surface area contributed by atoms with E-state index in [9.17, 15) is 5.11 Å². The first-order valence-corrected chi connectivity index (χ1v) is 7.88. The predicted octanol–water partition coefficient (Wildman–Crippen LogP) is 3.77. The second-order valence-corrected chi connectivity index (χ2v) is 5.76. The molecule has 0 aliphatic carbocycles. The molecule has 3 nitrogen and oxygen atoms in total. The van der Waals surface area contributed by atoms with Gasteiger partial charge in [-0.15, -0.1) is 0 Å². The summed E-state index contributed by atoms with van der Waals surface area (Å²) in [6.07, 6.45) is 0.572. The van der Waals surface area contributed by atoms with Gasteiger partial charge in [0.2, 0.25) is 0 Å². The monoisotopic (exact) mass is 302 g/mol.